The molecule has 0 unspecified atom stereocenters. The monoisotopic (exact) mass is 366 g/mol. The predicted molar refractivity (Wildman–Crippen MR) is 107 cm³/mol. The first-order valence-electron chi connectivity index (χ1n) is 9.16. The van der Waals surface area contributed by atoms with Gasteiger partial charge in [-0.05, 0) is 48.1 Å². The number of carbonyl (C=O) groups excluding carboxylic acids is 1. The number of allylic oxidation sites excluding steroid dienone is 4. The standard InChI is InChI=1S/C22H26N2O3/c1-22(2,3)15-23-18-11-9-17(10-12-18)21(25)24-20-14-26-13-19(27-20)16-7-5-4-6-8-16/h4-5,7,9-14,23H,6,8,15H2,1-3H3,(H,24,25). The SMILES string of the molecule is CC(C)(C)CNc1ccc(C(=O)NC2=COC=C(C3=CC=CCC3)O2)cc1. The number of anilines is 1. The van der Waals surface area contributed by atoms with Crippen molar-refractivity contribution in [2.45, 2.75) is 33.6 Å². The van der Waals surface area contributed by atoms with Gasteiger partial charge in [-0.2, -0.15) is 0 Å². The van der Waals surface area contributed by atoms with Gasteiger partial charge in [0.2, 0.25) is 5.88 Å². The van der Waals surface area contributed by atoms with Crippen LogP contribution < -0.4 is 10.6 Å². The van der Waals surface area contributed by atoms with E-state index in [-0.39, 0.29) is 17.2 Å². The lowest BCUT2D eigenvalue weighted by Crippen LogP contribution is -2.25. The van der Waals surface area contributed by atoms with Crippen LogP contribution in [-0.4, -0.2) is 12.5 Å². The zero-order chi connectivity index (χ0) is 19.3. The van der Waals surface area contributed by atoms with Crippen molar-refractivity contribution in [1.82, 2.24) is 5.32 Å². The quantitative estimate of drug-likeness (QED) is 0.783. The lowest BCUT2D eigenvalue weighted by molar-refractivity contribution is 0.0925. The fourth-order valence-electron chi connectivity index (χ4n) is 2.62. The molecule has 1 aromatic carbocycles. The van der Waals surface area contributed by atoms with Gasteiger partial charge in [0.1, 0.15) is 6.26 Å². The molecule has 0 saturated carbocycles. The molecule has 1 aliphatic carbocycles. The van der Waals surface area contributed by atoms with E-state index in [0.717, 1.165) is 30.6 Å². The molecule has 0 atom stereocenters. The zero-order valence-electron chi connectivity index (χ0n) is 16.0. The van der Waals surface area contributed by atoms with Crippen LogP contribution in [0.1, 0.15) is 44.0 Å². The first-order chi connectivity index (χ1) is 12.9. The summed E-state index contributed by atoms with van der Waals surface area (Å²) in [6.07, 6.45) is 10.9. The molecule has 0 bridgehead atoms. The lowest BCUT2D eigenvalue weighted by Gasteiger charge is -2.20. The van der Waals surface area contributed by atoms with E-state index in [2.05, 4.69) is 37.5 Å². The third-order valence-electron chi connectivity index (χ3n) is 4.11. The van der Waals surface area contributed by atoms with E-state index in [1.165, 1.54) is 6.26 Å². The van der Waals surface area contributed by atoms with Gasteiger partial charge in [-0.3, -0.25) is 10.1 Å². The molecule has 0 fully saturated rings. The molecule has 0 aromatic heterocycles. The van der Waals surface area contributed by atoms with Gasteiger partial charge in [0.25, 0.3) is 5.91 Å². The smallest absolute Gasteiger partial charge is 0.258 e. The largest absolute Gasteiger partial charge is 0.463 e. The highest BCUT2D eigenvalue weighted by atomic mass is 16.6. The molecule has 1 aliphatic heterocycles. The van der Waals surface area contributed by atoms with Crippen LogP contribution >= 0.6 is 0 Å². The molecule has 27 heavy (non-hydrogen) atoms. The summed E-state index contributed by atoms with van der Waals surface area (Å²) in [5.74, 6) is 0.660. The molecule has 0 saturated heterocycles. The number of ether oxygens (including phenoxy) is 2. The number of nitrogens with one attached hydrogen (secondary N) is 2. The molecule has 1 amide bonds. The second-order valence-electron chi connectivity index (χ2n) is 7.81. The van der Waals surface area contributed by atoms with Gasteiger partial charge >= 0.3 is 0 Å². The Bertz CT molecular complexity index is 809. The predicted octanol–water partition coefficient (Wildman–Crippen LogP) is 4.84. The maximum Gasteiger partial charge on any atom is 0.258 e. The fourth-order valence-corrected chi connectivity index (χ4v) is 2.62. The summed E-state index contributed by atoms with van der Waals surface area (Å²) in [4.78, 5) is 12.5. The first kappa shape index (κ1) is 18.8. The number of carbonyl (C=O) groups is 1. The molecule has 2 aliphatic rings. The highest BCUT2D eigenvalue weighted by Crippen LogP contribution is 2.25. The maximum absolute atomic E-state index is 12.5. The Kier molecular flexibility index (Phi) is 5.69. The van der Waals surface area contributed by atoms with Gasteiger partial charge < -0.3 is 14.8 Å². The summed E-state index contributed by atoms with van der Waals surface area (Å²) in [7, 11) is 0. The number of hydrogen-bond acceptors (Lipinski definition) is 4. The molecule has 1 heterocycles. The number of hydrogen-bond donors (Lipinski definition) is 2. The number of benzene rings is 1. The summed E-state index contributed by atoms with van der Waals surface area (Å²) in [6.45, 7) is 7.37. The van der Waals surface area contributed by atoms with Crippen LogP contribution in [0.4, 0.5) is 5.69 Å². The average molecular weight is 366 g/mol. The summed E-state index contributed by atoms with van der Waals surface area (Å²) < 4.78 is 11.1. The van der Waals surface area contributed by atoms with Crippen molar-refractivity contribution in [3.8, 4) is 0 Å². The molecule has 5 nitrogen and oxygen atoms in total. The van der Waals surface area contributed by atoms with Crippen molar-refractivity contribution >= 4 is 11.6 Å². The first-order valence-corrected chi connectivity index (χ1v) is 9.16. The minimum absolute atomic E-state index is 0.190. The molecular formula is C22H26N2O3. The van der Waals surface area contributed by atoms with Crippen LogP contribution in [0.25, 0.3) is 0 Å². The van der Waals surface area contributed by atoms with Crippen molar-refractivity contribution in [2.24, 2.45) is 5.41 Å². The molecule has 5 heteroatoms. The lowest BCUT2D eigenvalue weighted by atomic mass is 9.97. The third kappa shape index (κ3) is 5.51. The third-order valence-corrected chi connectivity index (χ3v) is 4.11. The summed E-state index contributed by atoms with van der Waals surface area (Å²) in [6, 6.07) is 7.38. The number of rotatable bonds is 5. The Labute approximate surface area is 160 Å². The fraction of sp³-hybridized carbons (Fsp3) is 0.318. The van der Waals surface area contributed by atoms with Crippen molar-refractivity contribution in [3.63, 3.8) is 0 Å². The highest BCUT2D eigenvalue weighted by molar-refractivity contribution is 5.95. The van der Waals surface area contributed by atoms with Gasteiger partial charge in [-0.1, -0.05) is 39.0 Å². The Morgan fingerprint density at radius 1 is 1.15 bits per heavy atom. The van der Waals surface area contributed by atoms with Crippen LogP contribution in [0.5, 0.6) is 0 Å². The summed E-state index contributed by atoms with van der Waals surface area (Å²) >= 11 is 0. The highest BCUT2D eigenvalue weighted by Gasteiger charge is 2.17. The summed E-state index contributed by atoms with van der Waals surface area (Å²) in [5.41, 5.74) is 2.78. The van der Waals surface area contributed by atoms with Crippen molar-refractivity contribution in [1.29, 1.82) is 0 Å². The Morgan fingerprint density at radius 3 is 2.59 bits per heavy atom. The molecule has 0 spiro atoms. The molecule has 142 valence electrons. The number of amides is 1. The van der Waals surface area contributed by atoms with E-state index in [0.29, 0.717) is 11.3 Å². The van der Waals surface area contributed by atoms with E-state index >= 15 is 0 Å². The van der Waals surface area contributed by atoms with Gasteiger partial charge in [0.15, 0.2) is 12.0 Å². The van der Waals surface area contributed by atoms with Gasteiger partial charge in [0.05, 0.1) is 0 Å². The molecule has 0 radical (unpaired) electrons. The van der Waals surface area contributed by atoms with E-state index < -0.39 is 0 Å². The Hall–Kier alpha value is -2.95. The van der Waals surface area contributed by atoms with Crippen LogP contribution in [0.3, 0.4) is 0 Å². The summed E-state index contributed by atoms with van der Waals surface area (Å²) in [5, 5.41) is 6.12. The van der Waals surface area contributed by atoms with E-state index in [1.807, 2.05) is 24.3 Å². The van der Waals surface area contributed by atoms with Crippen LogP contribution in [0, 0.1) is 5.41 Å². The van der Waals surface area contributed by atoms with Crippen molar-refractivity contribution in [2.75, 3.05) is 11.9 Å². The minimum Gasteiger partial charge on any atom is -0.463 e. The molecule has 1 aromatic rings. The van der Waals surface area contributed by atoms with E-state index in [1.54, 1.807) is 18.4 Å². The Morgan fingerprint density at radius 2 is 1.93 bits per heavy atom. The molecular weight excluding hydrogens is 340 g/mol. The van der Waals surface area contributed by atoms with Gasteiger partial charge in [-0.25, -0.2) is 0 Å². The molecule has 2 N–H and O–H groups in total. The van der Waals surface area contributed by atoms with Gasteiger partial charge in [-0.15, -0.1) is 0 Å². The van der Waals surface area contributed by atoms with E-state index in [9.17, 15) is 4.79 Å². The van der Waals surface area contributed by atoms with Crippen molar-refractivity contribution in [3.05, 3.63) is 77.8 Å². The normalized spacial score (nSPS) is 16.3. The van der Waals surface area contributed by atoms with Crippen LogP contribution in [0.2, 0.25) is 0 Å². The molecule has 3 rings (SSSR count). The van der Waals surface area contributed by atoms with Gasteiger partial charge in [0, 0.05) is 17.8 Å². The Balaban J connectivity index is 1.56. The average Bonchev–Trinajstić information content (AvgIpc) is 2.67. The topological polar surface area (TPSA) is 59.6 Å². The van der Waals surface area contributed by atoms with Crippen molar-refractivity contribution < 1.29 is 14.3 Å². The maximum atomic E-state index is 12.5. The zero-order valence-corrected chi connectivity index (χ0v) is 16.0. The van der Waals surface area contributed by atoms with Crippen LogP contribution in [-0.2, 0) is 9.47 Å². The van der Waals surface area contributed by atoms with E-state index in [4.69, 9.17) is 9.47 Å². The minimum atomic E-state index is -0.244. The second-order valence-corrected chi connectivity index (χ2v) is 7.81. The second kappa shape index (κ2) is 8.16. The van der Waals surface area contributed by atoms with Crippen LogP contribution in [0.15, 0.2) is 72.2 Å².